The van der Waals surface area contributed by atoms with Crippen LogP contribution in [0, 0.1) is 18.3 Å². The SMILES string of the molecule is Cc1ccc(Br)cc1NC(=O)C1(C(N)=S)CC(C)C1. The Bertz CT molecular complexity index is 538. The van der Waals surface area contributed by atoms with Crippen molar-refractivity contribution in [2.45, 2.75) is 26.7 Å². The molecule has 1 fully saturated rings. The van der Waals surface area contributed by atoms with Gasteiger partial charge in [0, 0.05) is 10.2 Å². The number of hydrogen-bond acceptors (Lipinski definition) is 2. The van der Waals surface area contributed by atoms with Gasteiger partial charge in [0.2, 0.25) is 5.91 Å². The maximum Gasteiger partial charge on any atom is 0.237 e. The smallest absolute Gasteiger partial charge is 0.237 e. The average Bonchev–Trinajstić information content (AvgIpc) is 2.28. The Balaban J connectivity index is 2.21. The molecule has 0 atom stereocenters. The summed E-state index contributed by atoms with van der Waals surface area (Å²) in [6.45, 7) is 4.06. The fourth-order valence-electron chi connectivity index (χ4n) is 2.60. The Kier molecular flexibility index (Phi) is 3.97. The topological polar surface area (TPSA) is 55.1 Å². The summed E-state index contributed by atoms with van der Waals surface area (Å²) in [4.78, 5) is 12.8. The Morgan fingerprint density at radius 1 is 1.53 bits per heavy atom. The number of carbonyl (C=O) groups excluding carboxylic acids is 1. The van der Waals surface area contributed by atoms with E-state index in [0.717, 1.165) is 28.6 Å². The van der Waals surface area contributed by atoms with E-state index in [1.54, 1.807) is 0 Å². The lowest BCUT2D eigenvalue weighted by molar-refractivity contribution is -0.127. The molecule has 0 aliphatic heterocycles. The monoisotopic (exact) mass is 340 g/mol. The van der Waals surface area contributed by atoms with Crippen molar-refractivity contribution >= 4 is 44.7 Å². The van der Waals surface area contributed by atoms with Gasteiger partial charge in [0.15, 0.2) is 0 Å². The summed E-state index contributed by atoms with van der Waals surface area (Å²) in [6.07, 6.45) is 1.47. The molecule has 3 nitrogen and oxygen atoms in total. The highest BCUT2D eigenvalue weighted by atomic mass is 79.9. The van der Waals surface area contributed by atoms with Crippen molar-refractivity contribution in [2.24, 2.45) is 17.1 Å². The van der Waals surface area contributed by atoms with E-state index in [9.17, 15) is 4.79 Å². The van der Waals surface area contributed by atoms with Gasteiger partial charge in [0.1, 0.15) is 0 Å². The highest BCUT2D eigenvalue weighted by Crippen LogP contribution is 2.46. The van der Waals surface area contributed by atoms with Gasteiger partial charge in [0.05, 0.1) is 10.4 Å². The van der Waals surface area contributed by atoms with E-state index in [0.29, 0.717) is 10.9 Å². The molecular formula is C14H17BrN2OS. The molecule has 19 heavy (non-hydrogen) atoms. The number of amides is 1. The molecule has 5 heteroatoms. The summed E-state index contributed by atoms with van der Waals surface area (Å²) in [5.74, 6) is 0.412. The molecule has 0 radical (unpaired) electrons. The van der Waals surface area contributed by atoms with Gasteiger partial charge in [-0.25, -0.2) is 0 Å². The van der Waals surface area contributed by atoms with Gasteiger partial charge < -0.3 is 11.1 Å². The third-order valence-corrected chi connectivity index (χ3v) is 4.63. The normalized spacial score (nSPS) is 25.5. The van der Waals surface area contributed by atoms with Crippen molar-refractivity contribution in [2.75, 3.05) is 5.32 Å². The molecule has 1 aromatic rings. The van der Waals surface area contributed by atoms with Gasteiger partial charge in [-0.2, -0.15) is 0 Å². The van der Waals surface area contributed by atoms with Crippen LogP contribution in [0.5, 0.6) is 0 Å². The standard InChI is InChI=1S/C14H17BrN2OS/c1-8-6-14(7-8,12(16)19)13(18)17-11-5-10(15)4-3-9(11)2/h3-5,8H,6-7H2,1-2H3,(H2,16,19)(H,17,18). The molecule has 0 saturated heterocycles. The highest BCUT2D eigenvalue weighted by molar-refractivity contribution is 9.10. The Morgan fingerprint density at radius 2 is 2.16 bits per heavy atom. The summed E-state index contributed by atoms with van der Waals surface area (Å²) in [7, 11) is 0. The summed E-state index contributed by atoms with van der Waals surface area (Å²) >= 11 is 8.50. The molecule has 1 amide bonds. The zero-order chi connectivity index (χ0) is 14.2. The number of anilines is 1. The van der Waals surface area contributed by atoms with E-state index in [1.807, 2.05) is 25.1 Å². The first-order valence-electron chi connectivity index (χ1n) is 6.22. The van der Waals surface area contributed by atoms with Crippen LogP contribution in [0.1, 0.15) is 25.3 Å². The number of halogens is 1. The Hall–Kier alpha value is -0.940. The van der Waals surface area contributed by atoms with Crippen LogP contribution in [0.2, 0.25) is 0 Å². The quantitative estimate of drug-likeness (QED) is 0.829. The first-order valence-corrected chi connectivity index (χ1v) is 7.43. The minimum atomic E-state index is -0.663. The van der Waals surface area contributed by atoms with Crippen LogP contribution >= 0.6 is 28.1 Å². The van der Waals surface area contributed by atoms with Gasteiger partial charge in [-0.05, 0) is 43.4 Å². The van der Waals surface area contributed by atoms with Crippen LogP contribution in [-0.2, 0) is 4.79 Å². The van der Waals surface area contributed by atoms with E-state index in [1.165, 1.54) is 0 Å². The molecule has 102 valence electrons. The number of carbonyl (C=O) groups is 1. The van der Waals surface area contributed by atoms with Crippen LogP contribution < -0.4 is 11.1 Å². The van der Waals surface area contributed by atoms with E-state index in [-0.39, 0.29) is 5.91 Å². The molecule has 1 aromatic carbocycles. The zero-order valence-electron chi connectivity index (χ0n) is 11.0. The van der Waals surface area contributed by atoms with Crippen molar-refractivity contribution in [3.63, 3.8) is 0 Å². The van der Waals surface area contributed by atoms with Crippen LogP contribution in [0.15, 0.2) is 22.7 Å². The van der Waals surface area contributed by atoms with Gasteiger partial charge in [-0.1, -0.05) is 41.1 Å². The maximum absolute atomic E-state index is 12.5. The highest BCUT2D eigenvalue weighted by Gasteiger charge is 2.50. The molecule has 0 unspecified atom stereocenters. The van der Waals surface area contributed by atoms with Gasteiger partial charge in [0.25, 0.3) is 0 Å². The molecule has 0 aromatic heterocycles. The first kappa shape index (κ1) is 14.5. The van der Waals surface area contributed by atoms with Crippen LogP contribution in [0.25, 0.3) is 0 Å². The predicted molar refractivity (Wildman–Crippen MR) is 85.1 cm³/mol. The Morgan fingerprint density at radius 3 is 2.68 bits per heavy atom. The molecule has 0 heterocycles. The third-order valence-electron chi connectivity index (χ3n) is 3.75. The second-order valence-electron chi connectivity index (χ2n) is 5.37. The van der Waals surface area contributed by atoms with Crippen molar-refractivity contribution in [3.05, 3.63) is 28.2 Å². The fraction of sp³-hybridized carbons (Fsp3) is 0.429. The van der Waals surface area contributed by atoms with Gasteiger partial charge in [-0.15, -0.1) is 0 Å². The minimum absolute atomic E-state index is 0.0840. The lowest BCUT2D eigenvalue weighted by atomic mass is 9.62. The van der Waals surface area contributed by atoms with Gasteiger partial charge in [-0.3, -0.25) is 4.79 Å². The number of hydrogen-bond donors (Lipinski definition) is 2. The van der Waals surface area contributed by atoms with Crippen molar-refractivity contribution in [3.8, 4) is 0 Å². The molecule has 1 saturated carbocycles. The molecule has 1 aliphatic rings. The number of aryl methyl sites for hydroxylation is 1. The number of nitrogens with one attached hydrogen (secondary N) is 1. The number of nitrogens with two attached hydrogens (primary N) is 1. The van der Waals surface area contributed by atoms with E-state index >= 15 is 0 Å². The summed E-state index contributed by atoms with van der Waals surface area (Å²) in [6, 6.07) is 5.79. The van der Waals surface area contributed by atoms with Crippen LogP contribution in [0.3, 0.4) is 0 Å². The fourth-order valence-corrected chi connectivity index (χ4v) is 3.22. The third kappa shape index (κ3) is 2.67. The van der Waals surface area contributed by atoms with E-state index in [4.69, 9.17) is 18.0 Å². The van der Waals surface area contributed by atoms with Crippen LogP contribution in [0.4, 0.5) is 5.69 Å². The number of benzene rings is 1. The van der Waals surface area contributed by atoms with Crippen molar-refractivity contribution < 1.29 is 4.79 Å². The second kappa shape index (κ2) is 5.21. The van der Waals surface area contributed by atoms with E-state index < -0.39 is 5.41 Å². The van der Waals surface area contributed by atoms with Crippen molar-refractivity contribution in [1.82, 2.24) is 0 Å². The first-order chi connectivity index (χ1) is 8.85. The largest absolute Gasteiger partial charge is 0.392 e. The number of rotatable bonds is 3. The summed E-state index contributed by atoms with van der Waals surface area (Å²) in [5.41, 5.74) is 6.93. The minimum Gasteiger partial charge on any atom is -0.392 e. The van der Waals surface area contributed by atoms with Crippen molar-refractivity contribution in [1.29, 1.82) is 0 Å². The summed E-state index contributed by atoms with van der Waals surface area (Å²) in [5, 5.41) is 2.96. The molecule has 3 N–H and O–H groups in total. The van der Waals surface area contributed by atoms with Gasteiger partial charge >= 0.3 is 0 Å². The lowest BCUT2D eigenvalue weighted by Gasteiger charge is -2.44. The Labute approximate surface area is 127 Å². The van der Waals surface area contributed by atoms with E-state index in [2.05, 4.69) is 28.2 Å². The zero-order valence-corrected chi connectivity index (χ0v) is 13.4. The second-order valence-corrected chi connectivity index (χ2v) is 6.73. The number of thiocarbonyl (C=S) groups is 1. The lowest BCUT2D eigenvalue weighted by Crippen LogP contribution is -2.53. The molecule has 0 bridgehead atoms. The molecule has 0 spiro atoms. The maximum atomic E-state index is 12.5. The molecule has 1 aliphatic carbocycles. The predicted octanol–water partition coefficient (Wildman–Crippen LogP) is 3.40. The molecular weight excluding hydrogens is 324 g/mol. The molecule has 2 rings (SSSR count). The average molecular weight is 341 g/mol. The summed E-state index contributed by atoms with van der Waals surface area (Å²) < 4.78 is 0.930. The van der Waals surface area contributed by atoms with Crippen LogP contribution in [-0.4, -0.2) is 10.9 Å².